The van der Waals surface area contributed by atoms with E-state index in [1.807, 2.05) is 24.3 Å². The van der Waals surface area contributed by atoms with E-state index in [4.69, 9.17) is 4.74 Å². The number of hydrogen-bond acceptors (Lipinski definition) is 4. The molecular formula is C16H15N3O3. The summed E-state index contributed by atoms with van der Waals surface area (Å²) in [4.78, 5) is 30.7. The van der Waals surface area contributed by atoms with Crippen molar-refractivity contribution < 1.29 is 14.3 Å². The highest BCUT2D eigenvalue weighted by atomic mass is 16.5. The van der Waals surface area contributed by atoms with E-state index in [1.54, 1.807) is 19.2 Å². The molecule has 0 aliphatic rings. The van der Waals surface area contributed by atoms with Crippen LogP contribution in [0.4, 0.5) is 0 Å². The van der Waals surface area contributed by atoms with Crippen molar-refractivity contribution in [3.63, 3.8) is 0 Å². The van der Waals surface area contributed by atoms with E-state index >= 15 is 0 Å². The first kappa shape index (κ1) is 14.1. The molecule has 0 aliphatic heterocycles. The lowest BCUT2D eigenvalue weighted by Gasteiger charge is -2.04. The molecule has 2 aromatic heterocycles. The number of rotatable bonds is 4. The highest BCUT2D eigenvalue weighted by Gasteiger charge is 2.12. The minimum atomic E-state index is -0.468. The Morgan fingerprint density at radius 3 is 2.86 bits per heavy atom. The molecule has 0 spiro atoms. The molecule has 22 heavy (non-hydrogen) atoms. The quantitative estimate of drug-likeness (QED) is 0.721. The summed E-state index contributed by atoms with van der Waals surface area (Å²) in [5.41, 5.74) is 2.12. The van der Waals surface area contributed by atoms with E-state index < -0.39 is 11.9 Å². The van der Waals surface area contributed by atoms with Crippen LogP contribution in [0.5, 0.6) is 0 Å². The van der Waals surface area contributed by atoms with E-state index in [9.17, 15) is 9.59 Å². The third kappa shape index (κ3) is 2.63. The number of nitrogens with one attached hydrogen (secondary N) is 2. The van der Waals surface area contributed by atoms with Crippen molar-refractivity contribution in [2.75, 3.05) is 13.2 Å². The molecule has 0 radical (unpaired) electrons. The smallest absolute Gasteiger partial charge is 0.325 e. The summed E-state index contributed by atoms with van der Waals surface area (Å²) in [6.07, 6.45) is 1.62. The largest absolute Gasteiger partial charge is 0.465 e. The summed E-state index contributed by atoms with van der Waals surface area (Å²) in [5.74, 6) is -0.871. The van der Waals surface area contributed by atoms with Gasteiger partial charge in [0.05, 0.1) is 18.3 Å². The second kappa shape index (κ2) is 5.85. The summed E-state index contributed by atoms with van der Waals surface area (Å²) in [7, 11) is 0. The number of fused-ring (bicyclic) bond motifs is 3. The molecule has 2 N–H and O–H groups in total. The Hall–Kier alpha value is -2.89. The van der Waals surface area contributed by atoms with Crippen LogP contribution in [0, 0.1) is 0 Å². The number of benzene rings is 1. The Bertz CT molecular complexity index is 854. The molecule has 0 bridgehead atoms. The van der Waals surface area contributed by atoms with Gasteiger partial charge in [-0.2, -0.15) is 0 Å². The molecule has 0 saturated heterocycles. The molecule has 0 fully saturated rings. The molecule has 112 valence electrons. The molecular weight excluding hydrogens is 282 g/mol. The van der Waals surface area contributed by atoms with Crippen LogP contribution in [0.2, 0.25) is 0 Å². The molecule has 3 rings (SSSR count). The van der Waals surface area contributed by atoms with Gasteiger partial charge in [-0.15, -0.1) is 0 Å². The fourth-order valence-electron chi connectivity index (χ4n) is 2.33. The first-order chi connectivity index (χ1) is 10.7. The van der Waals surface area contributed by atoms with Gasteiger partial charge in [-0.05, 0) is 19.1 Å². The van der Waals surface area contributed by atoms with Crippen LogP contribution in [0.15, 0.2) is 36.5 Å². The van der Waals surface area contributed by atoms with Gasteiger partial charge in [0.2, 0.25) is 0 Å². The van der Waals surface area contributed by atoms with Crippen molar-refractivity contribution >= 4 is 33.7 Å². The van der Waals surface area contributed by atoms with Crippen LogP contribution >= 0.6 is 0 Å². The standard InChI is InChI=1S/C16H15N3O3/c1-2-22-15(20)9-18-16(21)13-7-11-10-5-3-4-6-12(10)19-14(11)8-17-13/h3-8,19H,2,9H2,1H3,(H,18,21). The number of carbonyl (C=O) groups excluding carboxylic acids is 2. The molecule has 0 saturated carbocycles. The number of ether oxygens (including phenoxy) is 1. The first-order valence-electron chi connectivity index (χ1n) is 6.99. The van der Waals surface area contributed by atoms with E-state index in [1.165, 1.54) is 0 Å². The normalized spacial score (nSPS) is 10.8. The average Bonchev–Trinajstić information content (AvgIpc) is 2.90. The number of pyridine rings is 1. The molecule has 1 aromatic carbocycles. The number of para-hydroxylation sites is 1. The summed E-state index contributed by atoms with van der Waals surface area (Å²) >= 11 is 0. The van der Waals surface area contributed by atoms with Crippen LogP contribution in [0.3, 0.4) is 0 Å². The maximum atomic E-state index is 12.1. The Balaban J connectivity index is 1.86. The van der Waals surface area contributed by atoms with Gasteiger partial charge < -0.3 is 15.0 Å². The lowest BCUT2D eigenvalue weighted by atomic mass is 10.1. The third-order valence-corrected chi connectivity index (χ3v) is 3.32. The number of esters is 1. The van der Waals surface area contributed by atoms with Crippen molar-refractivity contribution in [2.45, 2.75) is 6.92 Å². The van der Waals surface area contributed by atoms with Gasteiger partial charge in [0, 0.05) is 16.3 Å². The van der Waals surface area contributed by atoms with Gasteiger partial charge in [0.25, 0.3) is 5.91 Å². The van der Waals surface area contributed by atoms with Gasteiger partial charge in [-0.25, -0.2) is 4.98 Å². The zero-order valence-electron chi connectivity index (χ0n) is 12.1. The van der Waals surface area contributed by atoms with Gasteiger partial charge in [-0.3, -0.25) is 9.59 Å². The second-order valence-electron chi connectivity index (χ2n) is 4.77. The predicted molar refractivity (Wildman–Crippen MR) is 82.6 cm³/mol. The van der Waals surface area contributed by atoms with Crippen LogP contribution in [0.25, 0.3) is 21.8 Å². The number of carbonyl (C=O) groups is 2. The number of aromatic amines is 1. The van der Waals surface area contributed by atoms with Crippen molar-refractivity contribution in [1.29, 1.82) is 0 Å². The lowest BCUT2D eigenvalue weighted by Crippen LogP contribution is -2.31. The molecule has 0 atom stereocenters. The highest BCUT2D eigenvalue weighted by molar-refractivity contribution is 6.09. The topological polar surface area (TPSA) is 84.1 Å². The van der Waals surface area contributed by atoms with Crippen molar-refractivity contribution in [3.05, 3.63) is 42.2 Å². The van der Waals surface area contributed by atoms with Crippen LogP contribution in [-0.2, 0) is 9.53 Å². The number of nitrogens with zero attached hydrogens (tertiary/aromatic N) is 1. The Morgan fingerprint density at radius 1 is 1.23 bits per heavy atom. The van der Waals surface area contributed by atoms with Gasteiger partial charge in [-0.1, -0.05) is 18.2 Å². The zero-order chi connectivity index (χ0) is 15.5. The monoisotopic (exact) mass is 297 g/mol. The summed E-state index contributed by atoms with van der Waals surface area (Å²) in [6, 6.07) is 9.55. The maximum Gasteiger partial charge on any atom is 0.325 e. The minimum absolute atomic E-state index is 0.166. The summed E-state index contributed by atoms with van der Waals surface area (Å²) < 4.78 is 4.76. The summed E-state index contributed by atoms with van der Waals surface area (Å²) in [5, 5.41) is 4.45. The number of H-pyrrole nitrogens is 1. The maximum absolute atomic E-state index is 12.1. The zero-order valence-corrected chi connectivity index (χ0v) is 12.1. The van der Waals surface area contributed by atoms with Gasteiger partial charge in [0.15, 0.2) is 0 Å². The van der Waals surface area contributed by atoms with Crippen LogP contribution in [-0.4, -0.2) is 35.0 Å². The van der Waals surface area contributed by atoms with E-state index in [-0.39, 0.29) is 18.8 Å². The first-order valence-corrected chi connectivity index (χ1v) is 6.99. The van der Waals surface area contributed by atoms with Crippen LogP contribution < -0.4 is 5.32 Å². The van der Waals surface area contributed by atoms with E-state index in [0.29, 0.717) is 0 Å². The lowest BCUT2D eigenvalue weighted by molar-refractivity contribution is -0.141. The Morgan fingerprint density at radius 2 is 2.05 bits per heavy atom. The fraction of sp³-hybridized carbons (Fsp3) is 0.188. The number of aromatic nitrogens is 2. The van der Waals surface area contributed by atoms with E-state index in [2.05, 4.69) is 15.3 Å². The van der Waals surface area contributed by atoms with Gasteiger partial charge >= 0.3 is 5.97 Å². The highest BCUT2D eigenvalue weighted by Crippen LogP contribution is 2.24. The molecule has 3 aromatic rings. The summed E-state index contributed by atoms with van der Waals surface area (Å²) in [6.45, 7) is 1.83. The Kier molecular flexibility index (Phi) is 3.74. The fourth-order valence-corrected chi connectivity index (χ4v) is 2.33. The Labute approximate surface area is 126 Å². The number of hydrogen-bond donors (Lipinski definition) is 2. The second-order valence-corrected chi connectivity index (χ2v) is 4.77. The van der Waals surface area contributed by atoms with Crippen molar-refractivity contribution in [2.24, 2.45) is 0 Å². The molecule has 0 unspecified atom stereocenters. The van der Waals surface area contributed by atoms with Crippen LogP contribution in [0.1, 0.15) is 17.4 Å². The minimum Gasteiger partial charge on any atom is -0.465 e. The molecule has 0 aliphatic carbocycles. The molecule has 1 amide bonds. The molecule has 6 heteroatoms. The molecule has 2 heterocycles. The van der Waals surface area contributed by atoms with Crippen molar-refractivity contribution in [3.8, 4) is 0 Å². The van der Waals surface area contributed by atoms with Crippen molar-refractivity contribution in [1.82, 2.24) is 15.3 Å². The SMILES string of the molecule is CCOC(=O)CNC(=O)c1cc2c(cn1)[nH]c1ccccc12. The third-order valence-electron chi connectivity index (χ3n) is 3.32. The predicted octanol–water partition coefficient (Wildman–Crippen LogP) is 2.01. The number of amides is 1. The average molecular weight is 297 g/mol. The van der Waals surface area contributed by atoms with Gasteiger partial charge in [0.1, 0.15) is 12.2 Å². The molecule has 6 nitrogen and oxygen atoms in total. The van der Waals surface area contributed by atoms with E-state index in [0.717, 1.165) is 21.8 Å².